The minimum absolute atomic E-state index is 0.0407. The first-order valence-electron chi connectivity index (χ1n) is 11.3. The highest BCUT2D eigenvalue weighted by atomic mass is 32.2. The maximum absolute atomic E-state index is 13.3. The van der Waals surface area contributed by atoms with Gasteiger partial charge in [-0.1, -0.05) is 18.0 Å². The molecule has 180 valence electrons. The van der Waals surface area contributed by atoms with Gasteiger partial charge < -0.3 is 9.42 Å². The van der Waals surface area contributed by atoms with Crippen molar-refractivity contribution in [2.24, 2.45) is 0 Å². The van der Waals surface area contributed by atoms with Gasteiger partial charge >= 0.3 is 0 Å². The summed E-state index contributed by atoms with van der Waals surface area (Å²) in [5.74, 6) is 0.435. The first kappa shape index (κ1) is 23.7. The molecule has 1 aromatic heterocycles. The molecule has 2 aliphatic heterocycles. The lowest BCUT2D eigenvalue weighted by atomic mass is 10.1. The van der Waals surface area contributed by atoms with Crippen molar-refractivity contribution in [3.63, 3.8) is 0 Å². The number of hydrogen-bond acceptors (Lipinski definition) is 8. The number of sulfonamides is 1. The lowest BCUT2D eigenvalue weighted by molar-refractivity contribution is -0.137. The zero-order chi connectivity index (χ0) is 23.1. The van der Waals surface area contributed by atoms with Crippen LogP contribution in [0.25, 0.3) is 0 Å². The Labute approximate surface area is 189 Å². The highest BCUT2D eigenvalue weighted by molar-refractivity contribution is 7.91. The predicted octanol–water partition coefficient (Wildman–Crippen LogP) is 0.556. The van der Waals surface area contributed by atoms with Crippen LogP contribution in [0.3, 0.4) is 0 Å². The third-order valence-corrected chi connectivity index (χ3v) is 10.8. The summed E-state index contributed by atoms with van der Waals surface area (Å²) in [5, 5.41) is 3.75. The van der Waals surface area contributed by atoms with Gasteiger partial charge in [0.2, 0.25) is 15.9 Å². The average molecular weight is 489 g/mol. The monoisotopic (exact) mass is 488 g/mol. The highest BCUT2D eigenvalue weighted by Crippen LogP contribution is 2.30. The normalized spacial score (nSPS) is 25.4. The molecule has 2 saturated heterocycles. The van der Waals surface area contributed by atoms with Gasteiger partial charge in [-0.05, 0) is 33.1 Å². The highest BCUT2D eigenvalue weighted by Gasteiger charge is 2.40. The molecule has 0 spiro atoms. The molecule has 0 aromatic carbocycles. The molecule has 1 amide bonds. The summed E-state index contributed by atoms with van der Waals surface area (Å²) < 4.78 is 56.5. The molecule has 3 heterocycles. The van der Waals surface area contributed by atoms with E-state index in [1.165, 1.54) is 4.31 Å². The molecule has 0 unspecified atom stereocenters. The molecule has 4 rings (SSSR count). The molecule has 3 fully saturated rings. The molecule has 0 bridgehead atoms. The van der Waals surface area contributed by atoms with E-state index in [0.29, 0.717) is 25.2 Å². The zero-order valence-electron chi connectivity index (χ0n) is 18.7. The summed E-state index contributed by atoms with van der Waals surface area (Å²) >= 11 is 0. The van der Waals surface area contributed by atoms with Gasteiger partial charge in [0.05, 0.1) is 18.1 Å². The molecule has 1 aliphatic carbocycles. The molecule has 10 nitrogen and oxygen atoms in total. The molecule has 12 heteroatoms. The Hall–Kier alpha value is -1.50. The van der Waals surface area contributed by atoms with E-state index in [9.17, 15) is 21.6 Å². The van der Waals surface area contributed by atoms with Crippen LogP contribution in [-0.2, 0) is 24.7 Å². The molecule has 3 aliphatic rings. The molecule has 1 atom stereocenters. The number of hydrogen-bond donors (Lipinski definition) is 0. The largest absolute Gasteiger partial charge is 0.360 e. The van der Waals surface area contributed by atoms with E-state index in [1.54, 1.807) is 13.8 Å². The quantitative estimate of drug-likeness (QED) is 0.569. The molecular formula is C20H32N4O6S2. The van der Waals surface area contributed by atoms with Crippen molar-refractivity contribution in [1.29, 1.82) is 0 Å². The van der Waals surface area contributed by atoms with Crippen LogP contribution < -0.4 is 0 Å². The number of nitrogens with zero attached hydrogens (tertiary/aromatic N) is 4. The Balaban J connectivity index is 1.40. The van der Waals surface area contributed by atoms with Crippen molar-refractivity contribution >= 4 is 25.8 Å². The fourth-order valence-electron chi connectivity index (χ4n) is 5.26. The minimum Gasteiger partial charge on any atom is -0.360 e. The first-order valence-corrected chi connectivity index (χ1v) is 14.5. The predicted molar refractivity (Wildman–Crippen MR) is 117 cm³/mol. The third kappa shape index (κ3) is 4.73. The van der Waals surface area contributed by atoms with Gasteiger partial charge in [0.25, 0.3) is 0 Å². The van der Waals surface area contributed by atoms with E-state index in [2.05, 4.69) is 5.16 Å². The minimum atomic E-state index is -3.70. The SMILES string of the molecule is Cc1noc(C)c1S(=O)(=O)N1CCN(CC(=O)N(C2CCCC2)[C@H]2CCS(=O)(=O)C2)CC1. The second kappa shape index (κ2) is 9.03. The van der Waals surface area contributed by atoms with Gasteiger partial charge in [-0.15, -0.1) is 0 Å². The molecule has 32 heavy (non-hydrogen) atoms. The van der Waals surface area contributed by atoms with E-state index in [4.69, 9.17) is 4.52 Å². The summed E-state index contributed by atoms with van der Waals surface area (Å²) in [6, 6.07) is -0.126. The van der Waals surface area contributed by atoms with E-state index in [1.807, 2.05) is 9.80 Å². The third-order valence-electron chi connectivity index (χ3n) is 6.86. The van der Waals surface area contributed by atoms with Crippen molar-refractivity contribution in [3.8, 4) is 0 Å². The van der Waals surface area contributed by atoms with Crippen LogP contribution >= 0.6 is 0 Å². The van der Waals surface area contributed by atoms with Gasteiger partial charge in [-0.3, -0.25) is 9.69 Å². The van der Waals surface area contributed by atoms with Crippen molar-refractivity contribution in [3.05, 3.63) is 11.5 Å². The van der Waals surface area contributed by atoms with E-state index in [0.717, 1.165) is 25.7 Å². The Morgan fingerprint density at radius 3 is 2.28 bits per heavy atom. The molecule has 1 aromatic rings. The first-order chi connectivity index (χ1) is 15.1. The Kier molecular flexibility index (Phi) is 6.68. The number of aryl methyl sites for hydroxylation is 2. The maximum atomic E-state index is 13.3. The lowest BCUT2D eigenvalue weighted by Gasteiger charge is -2.38. The Morgan fingerprint density at radius 2 is 1.75 bits per heavy atom. The van der Waals surface area contributed by atoms with Gasteiger partial charge in [0.1, 0.15) is 10.6 Å². The van der Waals surface area contributed by atoms with Crippen LogP contribution in [0, 0.1) is 13.8 Å². The van der Waals surface area contributed by atoms with Crippen LogP contribution in [0.15, 0.2) is 9.42 Å². The molecular weight excluding hydrogens is 456 g/mol. The Morgan fingerprint density at radius 1 is 1.09 bits per heavy atom. The second-order valence-electron chi connectivity index (χ2n) is 9.13. The van der Waals surface area contributed by atoms with E-state index in [-0.39, 0.29) is 59.8 Å². The zero-order valence-corrected chi connectivity index (χ0v) is 20.3. The summed E-state index contributed by atoms with van der Waals surface area (Å²) in [6.45, 7) is 4.82. The number of sulfone groups is 1. The number of amides is 1. The topological polar surface area (TPSA) is 121 Å². The van der Waals surface area contributed by atoms with Crippen LogP contribution in [0.1, 0.15) is 43.6 Å². The van der Waals surface area contributed by atoms with Gasteiger partial charge in [-0.2, -0.15) is 4.31 Å². The number of carbonyl (C=O) groups excluding carboxylic acids is 1. The standard InChI is InChI=1S/C20H32N4O6S2/c1-15-20(16(2)30-21-15)32(28,29)23-10-8-22(9-11-23)13-19(25)24(17-5-3-4-6-17)18-7-12-31(26,27)14-18/h17-18H,3-14H2,1-2H3/t18-/m0/s1. The van der Waals surface area contributed by atoms with Crippen molar-refractivity contribution < 1.29 is 26.2 Å². The summed E-state index contributed by atoms with van der Waals surface area (Å²) in [5.41, 5.74) is 0.346. The van der Waals surface area contributed by atoms with E-state index < -0.39 is 19.9 Å². The van der Waals surface area contributed by atoms with Crippen LogP contribution in [0.5, 0.6) is 0 Å². The molecule has 0 N–H and O–H groups in total. The smallest absolute Gasteiger partial charge is 0.248 e. The summed E-state index contributed by atoms with van der Waals surface area (Å²) in [4.78, 5) is 17.2. The molecule has 1 saturated carbocycles. The molecule has 0 radical (unpaired) electrons. The summed E-state index contributed by atoms with van der Waals surface area (Å²) in [7, 11) is -6.78. The fourth-order valence-corrected chi connectivity index (χ4v) is 8.68. The number of aromatic nitrogens is 1. The number of carbonyl (C=O) groups is 1. The maximum Gasteiger partial charge on any atom is 0.248 e. The van der Waals surface area contributed by atoms with Crippen molar-refractivity contribution in [2.75, 3.05) is 44.2 Å². The lowest BCUT2D eigenvalue weighted by Crippen LogP contribution is -2.54. The van der Waals surface area contributed by atoms with Crippen LogP contribution in [-0.4, -0.2) is 98.3 Å². The van der Waals surface area contributed by atoms with Gasteiger partial charge in [0.15, 0.2) is 15.6 Å². The van der Waals surface area contributed by atoms with Crippen LogP contribution in [0.4, 0.5) is 0 Å². The average Bonchev–Trinajstić information content (AvgIpc) is 3.44. The van der Waals surface area contributed by atoms with Crippen LogP contribution in [0.2, 0.25) is 0 Å². The van der Waals surface area contributed by atoms with Gasteiger partial charge in [0, 0.05) is 38.3 Å². The van der Waals surface area contributed by atoms with E-state index >= 15 is 0 Å². The van der Waals surface area contributed by atoms with Crippen molar-refractivity contribution in [1.82, 2.24) is 19.3 Å². The van der Waals surface area contributed by atoms with Gasteiger partial charge in [-0.25, -0.2) is 16.8 Å². The Bertz CT molecular complexity index is 1030. The number of rotatable bonds is 6. The van der Waals surface area contributed by atoms with Crippen molar-refractivity contribution in [2.45, 2.75) is 62.9 Å². The summed E-state index contributed by atoms with van der Waals surface area (Å²) in [6.07, 6.45) is 4.48. The fraction of sp³-hybridized carbons (Fsp3) is 0.800. The number of piperazine rings is 1. The second-order valence-corrected chi connectivity index (χ2v) is 13.2.